The first-order valence-electron chi connectivity index (χ1n) is 8.64. The van der Waals surface area contributed by atoms with Gasteiger partial charge in [-0.3, -0.25) is 4.79 Å². The topological polar surface area (TPSA) is 74.9 Å². The van der Waals surface area contributed by atoms with Gasteiger partial charge in [-0.25, -0.2) is 4.79 Å². The van der Waals surface area contributed by atoms with Gasteiger partial charge in [0, 0.05) is 10.0 Å². The van der Waals surface area contributed by atoms with E-state index in [0.29, 0.717) is 24.4 Å². The van der Waals surface area contributed by atoms with Crippen LogP contribution in [0.4, 0.5) is 4.79 Å². The molecule has 2 fully saturated rings. The first-order chi connectivity index (χ1) is 12.6. The van der Waals surface area contributed by atoms with E-state index >= 15 is 0 Å². The third kappa shape index (κ3) is 3.07. The number of halogens is 1. The fourth-order valence-corrected chi connectivity index (χ4v) is 3.78. The molecule has 1 aromatic heterocycles. The monoisotopic (exact) mass is 415 g/mol. The summed E-state index contributed by atoms with van der Waals surface area (Å²) >= 11 is 3.40. The summed E-state index contributed by atoms with van der Waals surface area (Å²) in [6.45, 7) is 0. The molecule has 134 valence electrons. The lowest BCUT2D eigenvalue weighted by Gasteiger charge is -2.29. The van der Waals surface area contributed by atoms with Crippen LogP contribution in [0.2, 0.25) is 0 Å². The normalized spacial score (nSPS) is 19.5. The second-order valence-corrected chi connectivity index (χ2v) is 7.56. The minimum absolute atomic E-state index is 0.266. The molecule has 6 nitrogen and oxygen atoms in total. The average Bonchev–Trinajstić information content (AvgIpc) is 3.19. The average molecular weight is 416 g/mol. The summed E-state index contributed by atoms with van der Waals surface area (Å²) in [4.78, 5) is 24.8. The van der Waals surface area contributed by atoms with E-state index in [4.69, 9.17) is 4.42 Å². The molecule has 1 aliphatic carbocycles. The van der Waals surface area contributed by atoms with Crippen molar-refractivity contribution in [2.45, 2.75) is 37.6 Å². The predicted molar refractivity (Wildman–Crippen MR) is 101 cm³/mol. The summed E-state index contributed by atoms with van der Waals surface area (Å²) in [7, 11) is 0. The van der Waals surface area contributed by atoms with Crippen molar-refractivity contribution in [1.29, 1.82) is 0 Å². The predicted octanol–water partition coefficient (Wildman–Crippen LogP) is 4.30. The molecule has 1 aliphatic heterocycles. The maximum Gasteiger partial charge on any atom is 0.346 e. The number of hydrogen-bond acceptors (Lipinski definition) is 4. The molecule has 0 atom stereocenters. The molecule has 1 spiro atoms. The van der Waals surface area contributed by atoms with Gasteiger partial charge >= 0.3 is 6.03 Å². The van der Waals surface area contributed by atoms with Crippen LogP contribution in [0.1, 0.15) is 37.9 Å². The van der Waals surface area contributed by atoms with Crippen LogP contribution in [0.25, 0.3) is 11.3 Å². The molecule has 4 rings (SSSR count). The van der Waals surface area contributed by atoms with Crippen LogP contribution in [0.5, 0.6) is 0 Å². The van der Waals surface area contributed by atoms with Gasteiger partial charge in [-0.2, -0.15) is 5.10 Å². The van der Waals surface area contributed by atoms with E-state index in [1.165, 1.54) is 6.21 Å². The Morgan fingerprint density at radius 1 is 1.08 bits per heavy atom. The summed E-state index contributed by atoms with van der Waals surface area (Å²) in [6, 6.07) is 10.9. The zero-order valence-electron chi connectivity index (χ0n) is 14.1. The zero-order chi connectivity index (χ0) is 18.1. The maximum absolute atomic E-state index is 12.7. The van der Waals surface area contributed by atoms with Crippen LogP contribution < -0.4 is 5.32 Å². The molecular formula is C19H18BrN3O3. The molecule has 2 aromatic rings. The number of carbonyl (C=O) groups excluding carboxylic acids is 2. The number of hydrogen-bond donors (Lipinski definition) is 1. The summed E-state index contributed by atoms with van der Waals surface area (Å²) in [6.07, 6.45) is 5.74. The number of hydrazone groups is 1. The van der Waals surface area contributed by atoms with E-state index in [1.807, 2.05) is 30.3 Å². The van der Waals surface area contributed by atoms with Gasteiger partial charge < -0.3 is 9.73 Å². The van der Waals surface area contributed by atoms with Crippen LogP contribution in [-0.4, -0.2) is 28.7 Å². The Balaban J connectivity index is 1.50. The number of nitrogens with one attached hydrogen (secondary N) is 1. The highest BCUT2D eigenvalue weighted by Gasteiger charge is 2.51. The first-order valence-corrected chi connectivity index (χ1v) is 9.43. The summed E-state index contributed by atoms with van der Waals surface area (Å²) in [5, 5.41) is 7.83. The smallest absolute Gasteiger partial charge is 0.346 e. The summed E-state index contributed by atoms with van der Waals surface area (Å²) in [5.74, 6) is 0.908. The van der Waals surface area contributed by atoms with Gasteiger partial charge in [-0.15, -0.1) is 5.01 Å². The van der Waals surface area contributed by atoms with E-state index in [2.05, 4.69) is 26.3 Å². The molecule has 7 heteroatoms. The van der Waals surface area contributed by atoms with Gasteiger partial charge in [0.1, 0.15) is 17.1 Å². The first kappa shape index (κ1) is 17.0. The highest BCUT2D eigenvalue weighted by atomic mass is 79.9. The van der Waals surface area contributed by atoms with Crippen LogP contribution in [0, 0.1) is 0 Å². The molecule has 2 heterocycles. The molecule has 0 unspecified atom stereocenters. The van der Waals surface area contributed by atoms with Crippen molar-refractivity contribution in [2.75, 3.05) is 0 Å². The highest BCUT2D eigenvalue weighted by Crippen LogP contribution is 2.33. The minimum atomic E-state index is -0.765. The van der Waals surface area contributed by atoms with Crippen molar-refractivity contribution >= 4 is 34.1 Å². The number of urea groups is 1. The van der Waals surface area contributed by atoms with E-state index in [9.17, 15) is 9.59 Å². The lowest BCUT2D eigenvalue weighted by Crippen LogP contribution is -2.48. The van der Waals surface area contributed by atoms with Crippen LogP contribution in [0.3, 0.4) is 0 Å². The maximum atomic E-state index is 12.7. The number of benzene rings is 1. The highest BCUT2D eigenvalue weighted by molar-refractivity contribution is 9.10. The number of imide groups is 1. The molecule has 0 bridgehead atoms. The second kappa shape index (κ2) is 6.72. The molecule has 0 radical (unpaired) electrons. The molecule has 2 aliphatic rings. The Morgan fingerprint density at radius 3 is 2.54 bits per heavy atom. The zero-order valence-corrected chi connectivity index (χ0v) is 15.7. The Labute approximate surface area is 159 Å². The summed E-state index contributed by atoms with van der Waals surface area (Å²) in [5.41, 5.74) is 0.169. The van der Waals surface area contributed by atoms with Gasteiger partial charge in [0.05, 0.1) is 6.21 Å². The van der Waals surface area contributed by atoms with Gasteiger partial charge in [-0.1, -0.05) is 47.3 Å². The number of carbonyl (C=O) groups is 2. The third-order valence-electron chi connectivity index (χ3n) is 4.90. The van der Waals surface area contributed by atoms with Crippen LogP contribution in [-0.2, 0) is 4.79 Å². The fourth-order valence-electron chi connectivity index (χ4n) is 3.51. The Hall–Kier alpha value is -2.41. The molecule has 3 amide bonds. The molecule has 1 N–H and O–H groups in total. The number of rotatable bonds is 3. The number of furan rings is 1. The molecule has 1 saturated carbocycles. The van der Waals surface area contributed by atoms with Gasteiger partial charge in [-0.05, 0) is 37.1 Å². The SMILES string of the molecule is O=C1NC2(CCCCC2)C(=O)N1/N=C\c1ccc(-c2ccc(Br)cc2)o1. The number of amides is 3. The van der Waals surface area contributed by atoms with E-state index in [-0.39, 0.29) is 5.91 Å². The van der Waals surface area contributed by atoms with E-state index in [0.717, 1.165) is 34.3 Å². The standard InChI is InChI=1S/C19H18BrN3O3/c20-14-6-4-13(5-7-14)16-9-8-15(26-16)12-21-23-17(24)19(22-18(23)25)10-2-1-3-11-19/h4-9,12H,1-3,10-11H2,(H,22,25)/b21-12-. The summed E-state index contributed by atoms with van der Waals surface area (Å²) < 4.78 is 6.73. The van der Waals surface area contributed by atoms with E-state index in [1.54, 1.807) is 6.07 Å². The van der Waals surface area contributed by atoms with Crippen molar-refractivity contribution in [3.63, 3.8) is 0 Å². The van der Waals surface area contributed by atoms with Crippen molar-refractivity contribution in [3.05, 3.63) is 46.6 Å². The molecule has 1 saturated heterocycles. The van der Waals surface area contributed by atoms with Gasteiger partial charge in [0.2, 0.25) is 0 Å². The van der Waals surface area contributed by atoms with E-state index < -0.39 is 11.6 Å². The van der Waals surface area contributed by atoms with Gasteiger partial charge in [0.25, 0.3) is 5.91 Å². The van der Waals surface area contributed by atoms with Crippen LogP contribution in [0.15, 0.2) is 50.4 Å². The second-order valence-electron chi connectivity index (χ2n) is 6.64. The Kier molecular flexibility index (Phi) is 4.40. The largest absolute Gasteiger partial charge is 0.455 e. The lowest BCUT2D eigenvalue weighted by atomic mass is 9.82. The third-order valence-corrected chi connectivity index (χ3v) is 5.43. The van der Waals surface area contributed by atoms with Crippen molar-refractivity contribution < 1.29 is 14.0 Å². The van der Waals surface area contributed by atoms with Crippen molar-refractivity contribution in [2.24, 2.45) is 5.10 Å². The Morgan fingerprint density at radius 2 is 1.81 bits per heavy atom. The quantitative estimate of drug-likeness (QED) is 0.599. The fraction of sp³-hybridized carbons (Fsp3) is 0.316. The minimum Gasteiger partial charge on any atom is -0.455 e. The molecular weight excluding hydrogens is 398 g/mol. The lowest BCUT2D eigenvalue weighted by molar-refractivity contribution is -0.132. The van der Waals surface area contributed by atoms with Crippen LogP contribution >= 0.6 is 15.9 Å². The van der Waals surface area contributed by atoms with Crippen molar-refractivity contribution in [3.8, 4) is 11.3 Å². The number of nitrogens with zero attached hydrogens (tertiary/aromatic N) is 2. The molecule has 1 aromatic carbocycles. The van der Waals surface area contributed by atoms with Gasteiger partial charge in [0.15, 0.2) is 0 Å². The Bertz CT molecular complexity index is 866. The van der Waals surface area contributed by atoms with Crippen molar-refractivity contribution in [1.82, 2.24) is 10.3 Å². The molecule has 26 heavy (non-hydrogen) atoms.